The molecular weight excluding hydrogens is 400 g/mol. The number of carbonyl (C=O) groups is 2. The largest absolute Gasteiger partial charge is 0.481 e. The van der Waals surface area contributed by atoms with Crippen molar-refractivity contribution in [2.24, 2.45) is 0 Å². The van der Waals surface area contributed by atoms with Gasteiger partial charge in [-0.15, -0.1) is 0 Å². The molecule has 0 fully saturated rings. The van der Waals surface area contributed by atoms with E-state index in [1.807, 2.05) is 18.2 Å². The van der Waals surface area contributed by atoms with Crippen LogP contribution in [0.15, 0.2) is 54.5 Å². The lowest BCUT2D eigenvalue weighted by atomic mass is 10.1. The fourth-order valence-electron chi connectivity index (χ4n) is 2.62. The zero-order valence-corrected chi connectivity index (χ0v) is 17.2. The second-order valence-electron chi connectivity index (χ2n) is 6.45. The summed E-state index contributed by atoms with van der Waals surface area (Å²) in [5.41, 5.74) is 0.601. The fourth-order valence-corrected chi connectivity index (χ4v) is 2.62. The van der Waals surface area contributed by atoms with E-state index in [0.29, 0.717) is 24.5 Å². The maximum absolute atomic E-state index is 12.5. The number of hydrogen-bond donors (Lipinski definition) is 5. The Bertz CT molecular complexity index is 887. The van der Waals surface area contributed by atoms with Crippen molar-refractivity contribution in [3.8, 4) is 5.88 Å². The molecule has 31 heavy (non-hydrogen) atoms. The van der Waals surface area contributed by atoms with Crippen LogP contribution >= 0.6 is 0 Å². The third-order valence-corrected chi connectivity index (χ3v) is 4.20. The molecule has 164 valence electrons. The third-order valence-electron chi connectivity index (χ3n) is 4.20. The molecule has 10 heteroatoms. The molecule has 1 atom stereocenters. The minimum Gasteiger partial charge on any atom is -0.481 e. The van der Waals surface area contributed by atoms with Gasteiger partial charge in [0.05, 0.1) is 25.1 Å². The number of carboxylic acids is 1. The summed E-state index contributed by atoms with van der Waals surface area (Å²) in [6.45, 7) is 1.26. The number of carbonyl (C=O) groups excluding carboxylic acids is 1. The first-order valence-electron chi connectivity index (χ1n) is 9.65. The van der Waals surface area contributed by atoms with E-state index in [0.717, 1.165) is 18.5 Å². The molecule has 2 aromatic heterocycles. The molecule has 0 saturated carbocycles. The Morgan fingerprint density at radius 3 is 2.68 bits per heavy atom. The van der Waals surface area contributed by atoms with Crippen molar-refractivity contribution in [2.75, 3.05) is 25.5 Å². The molecule has 0 saturated heterocycles. The van der Waals surface area contributed by atoms with E-state index >= 15 is 0 Å². The van der Waals surface area contributed by atoms with E-state index in [1.54, 1.807) is 18.3 Å². The van der Waals surface area contributed by atoms with Crippen LogP contribution in [0.4, 0.5) is 5.82 Å². The van der Waals surface area contributed by atoms with Gasteiger partial charge in [-0.1, -0.05) is 12.1 Å². The Kier molecular flexibility index (Phi) is 9.47. The summed E-state index contributed by atoms with van der Waals surface area (Å²) in [7, 11) is 1.47. The van der Waals surface area contributed by atoms with E-state index in [-0.39, 0.29) is 12.0 Å². The Morgan fingerprint density at radius 2 is 2.06 bits per heavy atom. The predicted molar refractivity (Wildman–Crippen MR) is 116 cm³/mol. The van der Waals surface area contributed by atoms with Gasteiger partial charge in [0.1, 0.15) is 5.82 Å². The molecular formula is C21H26N6O4. The Balaban J connectivity index is 1.88. The van der Waals surface area contributed by atoms with Crippen molar-refractivity contribution >= 4 is 23.9 Å². The van der Waals surface area contributed by atoms with Crippen LogP contribution in [0.25, 0.3) is 0 Å². The van der Waals surface area contributed by atoms with Gasteiger partial charge in [0.25, 0.3) is 5.91 Å². The SMILES string of the molecule is COc1ccc([C@H](CC(=O)O)NC(=O)/C(C=N)=C/NCCCNc2ccccn2)cn1. The van der Waals surface area contributed by atoms with Gasteiger partial charge in [0, 0.05) is 44.0 Å². The van der Waals surface area contributed by atoms with Gasteiger partial charge in [-0.25, -0.2) is 9.97 Å². The lowest BCUT2D eigenvalue weighted by molar-refractivity contribution is -0.137. The maximum Gasteiger partial charge on any atom is 0.305 e. The van der Waals surface area contributed by atoms with Gasteiger partial charge in [0.15, 0.2) is 0 Å². The number of nitrogens with one attached hydrogen (secondary N) is 4. The van der Waals surface area contributed by atoms with Crippen LogP contribution in [0.5, 0.6) is 5.88 Å². The zero-order valence-electron chi connectivity index (χ0n) is 17.2. The van der Waals surface area contributed by atoms with E-state index in [1.165, 1.54) is 19.5 Å². The molecule has 0 aliphatic rings. The van der Waals surface area contributed by atoms with Crippen LogP contribution in [0.2, 0.25) is 0 Å². The maximum atomic E-state index is 12.5. The van der Waals surface area contributed by atoms with Crippen molar-refractivity contribution < 1.29 is 19.4 Å². The summed E-state index contributed by atoms with van der Waals surface area (Å²) in [6, 6.07) is 8.04. The molecule has 2 rings (SSSR count). The minimum absolute atomic E-state index is 0.0783. The first-order valence-corrected chi connectivity index (χ1v) is 9.65. The number of carboxylic acid groups (broad SMARTS) is 1. The van der Waals surface area contributed by atoms with Crippen molar-refractivity contribution in [3.63, 3.8) is 0 Å². The summed E-state index contributed by atoms with van der Waals surface area (Å²) in [5.74, 6) is -0.461. The fraction of sp³-hybridized carbons (Fsp3) is 0.286. The molecule has 0 radical (unpaired) electrons. The van der Waals surface area contributed by atoms with Crippen LogP contribution in [0.1, 0.15) is 24.4 Å². The van der Waals surface area contributed by atoms with Gasteiger partial charge in [-0.3, -0.25) is 9.59 Å². The Hall–Kier alpha value is -3.95. The summed E-state index contributed by atoms with van der Waals surface area (Å²) in [6.07, 6.45) is 5.95. The Morgan fingerprint density at radius 1 is 1.23 bits per heavy atom. The van der Waals surface area contributed by atoms with Crippen molar-refractivity contribution in [2.45, 2.75) is 18.9 Å². The highest BCUT2D eigenvalue weighted by Crippen LogP contribution is 2.18. The molecule has 0 bridgehead atoms. The lowest BCUT2D eigenvalue weighted by Gasteiger charge is -2.17. The van der Waals surface area contributed by atoms with Crippen LogP contribution in [0, 0.1) is 5.41 Å². The van der Waals surface area contributed by atoms with Gasteiger partial charge in [-0.05, 0) is 24.1 Å². The number of hydrogen-bond acceptors (Lipinski definition) is 8. The first-order chi connectivity index (χ1) is 15.0. The first kappa shape index (κ1) is 23.3. The van der Waals surface area contributed by atoms with Crippen molar-refractivity contribution in [1.82, 2.24) is 20.6 Å². The van der Waals surface area contributed by atoms with Crippen molar-refractivity contribution in [3.05, 3.63) is 60.1 Å². The van der Waals surface area contributed by atoms with Crippen LogP contribution in [-0.2, 0) is 9.59 Å². The van der Waals surface area contributed by atoms with Crippen molar-refractivity contribution in [1.29, 1.82) is 5.41 Å². The molecule has 0 spiro atoms. The molecule has 0 unspecified atom stereocenters. The molecule has 0 aliphatic heterocycles. The molecule has 5 N–H and O–H groups in total. The van der Waals surface area contributed by atoms with Gasteiger partial charge in [-0.2, -0.15) is 0 Å². The average Bonchev–Trinajstić information content (AvgIpc) is 2.78. The molecule has 2 heterocycles. The number of ether oxygens (including phenoxy) is 1. The van der Waals surface area contributed by atoms with E-state index < -0.39 is 17.9 Å². The molecule has 10 nitrogen and oxygen atoms in total. The third kappa shape index (κ3) is 8.13. The smallest absolute Gasteiger partial charge is 0.305 e. The summed E-state index contributed by atoms with van der Waals surface area (Å²) >= 11 is 0. The highest BCUT2D eigenvalue weighted by molar-refractivity contribution is 6.11. The number of methoxy groups -OCH3 is 1. The van der Waals surface area contributed by atoms with Crippen LogP contribution in [-0.4, -0.2) is 53.4 Å². The number of aromatic nitrogens is 2. The van der Waals surface area contributed by atoms with Gasteiger partial charge >= 0.3 is 5.97 Å². The number of anilines is 1. The predicted octanol–water partition coefficient (Wildman–Crippen LogP) is 1.74. The number of pyridine rings is 2. The topological polar surface area (TPSA) is 149 Å². The standard InChI is InChI=1S/C21H26N6O4/c1-31-19-7-6-15(14-26-19)17(11-20(28)29)27-21(30)16(12-22)13-23-8-4-10-25-18-5-2-3-9-24-18/h2-3,5-7,9,12-14,17,22-23H,4,8,10-11H2,1H3,(H,24,25)(H,27,30)(H,28,29)/b16-13+,22-12?/t17-/m0/s1. The van der Waals surface area contributed by atoms with Crippen LogP contribution < -0.4 is 20.7 Å². The molecule has 2 aromatic rings. The second kappa shape index (κ2) is 12.6. The lowest BCUT2D eigenvalue weighted by Crippen LogP contribution is -2.32. The minimum atomic E-state index is -1.07. The van der Waals surface area contributed by atoms with E-state index in [9.17, 15) is 14.7 Å². The van der Waals surface area contributed by atoms with E-state index in [4.69, 9.17) is 10.1 Å². The van der Waals surface area contributed by atoms with Gasteiger partial charge in [0.2, 0.25) is 5.88 Å². The van der Waals surface area contributed by atoms with Crippen LogP contribution in [0.3, 0.4) is 0 Å². The summed E-state index contributed by atoms with van der Waals surface area (Å²) < 4.78 is 4.99. The van der Waals surface area contributed by atoms with E-state index in [2.05, 4.69) is 25.9 Å². The van der Waals surface area contributed by atoms with Gasteiger partial charge < -0.3 is 31.2 Å². The number of rotatable bonds is 13. The molecule has 1 amide bonds. The monoisotopic (exact) mass is 426 g/mol. The highest BCUT2D eigenvalue weighted by Gasteiger charge is 2.20. The number of aliphatic carboxylic acids is 1. The second-order valence-corrected chi connectivity index (χ2v) is 6.45. The molecule has 0 aliphatic carbocycles. The number of nitrogens with zero attached hydrogens (tertiary/aromatic N) is 2. The average molecular weight is 426 g/mol. The summed E-state index contributed by atoms with van der Waals surface area (Å²) in [4.78, 5) is 32.0. The summed E-state index contributed by atoms with van der Waals surface area (Å²) in [5, 5.41) is 25.5. The zero-order chi connectivity index (χ0) is 22.5. The highest BCUT2D eigenvalue weighted by atomic mass is 16.5. The normalized spacial score (nSPS) is 11.8. The quantitative estimate of drug-likeness (QED) is 0.185. The molecule has 0 aromatic carbocycles. The number of amides is 1. The Labute approximate surface area is 180 Å².